The van der Waals surface area contributed by atoms with Gasteiger partial charge in [-0.25, -0.2) is 4.98 Å². The van der Waals surface area contributed by atoms with Gasteiger partial charge in [0, 0.05) is 16.2 Å². The van der Waals surface area contributed by atoms with Gasteiger partial charge in [0.2, 0.25) is 0 Å². The zero-order chi connectivity index (χ0) is 11.5. The van der Waals surface area contributed by atoms with E-state index in [4.69, 9.17) is 4.42 Å². The van der Waals surface area contributed by atoms with E-state index in [0.29, 0.717) is 11.6 Å². The van der Waals surface area contributed by atoms with Gasteiger partial charge in [-0.05, 0) is 25.1 Å². The first-order chi connectivity index (χ1) is 7.66. The Balaban J connectivity index is 2.17. The van der Waals surface area contributed by atoms with Gasteiger partial charge in [-0.1, -0.05) is 15.9 Å². The van der Waals surface area contributed by atoms with Crippen molar-refractivity contribution in [2.75, 3.05) is 5.32 Å². The van der Waals surface area contributed by atoms with Crippen molar-refractivity contribution in [1.29, 1.82) is 0 Å². The lowest BCUT2D eigenvalue weighted by molar-refractivity contribution is 0.0995. The molecule has 0 radical (unpaired) electrons. The Hall–Kier alpha value is -1.62. The van der Waals surface area contributed by atoms with E-state index in [1.54, 1.807) is 24.4 Å². The number of anilines is 1. The number of halogens is 1. The number of carbonyl (C=O) groups is 1. The van der Waals surface area contributed by atoms with Gasteiger partial charge in [0.15, 0.2) is 5.76 Å². The topological polar surface area (TPSA) is 55.1 Å². The first-order valence-corrected chi connectivity index (χ1v) is 5.43. The molecule has 0 fully saturated rings. The maximum Gasteiger partial charge on any atom is 0.292 e. The van der Waals surface area contributed by atoms with E-state index in [0.717, 1.165) is 10.0 Å². The fourth-order valence-corrected chi connectivity index (χ4v) is 1.59. The Morgan fingerprint density at radius 1 is 1.50 bits per heavy atom. The minimum Gasteiger partial charge on any atom is -0.459 e. The normalized spacial score (nSPS) is 10.1. The second-order valence-corrected chi connectivity index (χ2v) is 4.16. The molecule has 82 valence electrons. The van der Waals surface area contributed by atoms with Crippen LogP contribution in [0.1, 0.15) is 16.1 Å². The van der Waals surface area contributed by atoms with Gasteiger partial charge in [-0.15, -0.1) is 0 Å². The zero-order valence-electron chi connectivity index (χ0n) is 8.53. The molecule has 2 rings (SSSR count). The zero-order valence-corrected chi connectivity index (χ0v) is 10.1. The Kier molecular flexibility index (Phi) is 3.05. The van der Waals surface area contributed by atoms with Crippen molar-refractivity contribution in [2.24, 2.45) is 0 Å². The summed E-state index contributed by atoms with van der Waals surface area (Å²) in [6, 6.07) is 5.24. The third kappa shape index (κ3) is 2.30. The van der Waals surface area contributed by atoms with Crippen molar-refractivity contribution >= 4 is 27.7 Å². The molecule has 5 heteroatoms. The Labute approximate surface area is 101 Å². The van der Waals surface area contributed by atoms with Crippen LogP contribution >= 0.6 is 15.9 Å². The summed E-state index contributed by atoms with van der Waals surface area (Å²) >= 11 is 3.30. The molecule has 0 aliphatic heterocycles. The predicted molar refractivity (Wildman–Crippen MR) is 63.3 cm³/mol. The van der Waals surface area contributed by atoms with Crippen LogP contribution in [0.3, 0.4) is 0 Å². The number of carbonyl (C=O) groups excluding carboxylic acids is 1. The molecule has 1 amide bonds. The highest BCUT2D eigenvalue weighted by Crippen LogP contribution is 2.15. The standard InChI is InChI=1S/C11H9BrN2O2/c1-7-3-5-16-10(7)11(15)14-9-6-8(12)2-4-13-9/h2-6H,1H3,(H,13,14,15). The molecule has 0 aliphatic carbocycles. The molecule has 0 unspecified atom stereocenters. The van der Waals surface area contributed by atoms with E-state index in [-0.39, 0.29) is 5.91 Å². The van der Waals surface area contributed by atoms with E-state index in [1.165, 1.54) is 6.26 Å². The number of hydrogen-bond donors (Lipinski definition) is 1. The summed E-state index contributed by atoms with van der Waals surface area (Å²) in [4.78, 5) is 15.8. The van der Waals surface area contributed by atoms with Gasteiger partial charge >= 0.3 is 0 Å². The van der Waals surface area contributed by atoms with E-state index in [9.17, 15) is 4.79 Å². The Morgan fingerprint density at radius 3 is 2.94 bits per heavy atom. The maximum absolute atomic E-state index is 11.7. The molecule has 2 aromatic rings. The molecule has 0 atom stereocenters. The summed E-state index contributed by atoms with van der Waals surface area (Å²) < 4.78 is 5.93. The third-order valence-corrected chi connectivity index (χ3v) is 2.53. The predicted octanol–water partition coefficient (Wildman–Crippen LogP) is 3.00. The number of pyridine rings is 1. The molecule has 1 N–H and O–H groups in total. The number of rotatable bonds is 2. The molecule has 2 aromatic heterocycles. The summed E-state index contributed by atoms with van der Waals surface area (Å²) in [7, 11) is 0. The summed E-state index contributed by atoms with van der Waals surface area (Å²) in [6.07, 6.45) is 3.09. The number of aromatic nitrogens is 1. The fourth-order valence-electron chi connectivity index (χ4n) is 1.25. The monoisotopic (exact) mass is 280 g/mol. The first-order valence-electron chi connectivity index (χ1n) is 4.64. The number of hydrogen-bond acceptors (Lipinski definition) is 3. The van der Waals surface area contributed by atoms with Crippen molar-refractivity contribution in [3.05, 3.63) is 46.5 Å². The van der Waals surface area contributed by atoms with Crippen molar-refractivity contribution in [3.8, 4) is 0 Å². The number of nitrogens with zero attached hydrogens (tertiary/aromatic N) is 1. The van der Waals surface area contributed by atoms with Crippen LogP contribution in [0.15, 0.2) is 39.5 Å². The van der Waals surface area contributed by atoms with Crippen molar-refractivity contribution < 1.29 is 9.21 Å². The smallest absolute Gasteiger partial charge is 0.292 e. The molecule has 16 heavy (non-hydrogen) atoms. The van der Waals surface area contributed by atoms with Crippen LogP contribution in [0.2, 0.25) is 0 Å². The van der Waals surface area contributed by atoms with Crippen molar-refractivity contribution in [1.82, 2.24) is 4.98 Å². The lowest BCUT2D eigenvalue weighted by Crippen LogP contribution is -2.12. The van der Waals surface area contributed by atoms with Crippen molar-refractivity contribution in [3.63, 3.8) is 0 Å². The molecule has 4 nitrogen and oxygen atoms in total. The number of furan rings is 1. The fraction of sp³-hybridized carbons (Fsp3) is 0.0909. The Morgan fingerprint density at radius 2 is 2.31 bits per heavy atom. The first kappa shape index (κ1) is 10.9. The molecule has 0 bridgehead atoms. The molecule has 0 aromatic carbocycles. The highest BCUT2D eigenvalue weighted by atomic mass is 79.9. The second-order valence-electron chi connectivity index (χ2n) is 3.25. The summed E-state index contributed by atoms with van der Waals surface area (Å²) in [5, 5.41) is 2.65. The SMILES string of the molecule is Cc1ccoc1C(=O)Nc1cc(Br)ccn1. The largest absolute Gasteiger partial charge is 0.459 e. The van der Waals surface area contributed by atoms with Gasteiger partial charge in [0.1, 0.15) is 5.82 Å². The minimum absolute atomic E-state index is 0.298. The average Bonchev–Trinajstić information content (AvgIpc) is 2.64. The quantitative estimate of drug-likeness (QED) is 0.920. The van der Waals surface area contributed by atoms with E-state index in [1.807, 2.05) is 6.92 Å². The highest BCUT2D eigenvalue weighted by Gasteiger charge is 2.12. The van der Waals surface area contributed by atoms with Crippen LogP contribution in [-0.2, 0) is 0 Å². The van der Waals surface area contributed by atoms with Crippen LogP contribution in [0.4, 0.5) is 5.82 Å². The maximum atomic E-state index is 11.7. The van der Waals surface area contributed by atoms with Gasteiger partial charge in [-0.2, -0.15) is 0 Å². The summed E-state index contributed by atoms with van der Waals surface area (Å²) in [5.74, 6) is 0.491. The second kappa shape index (κ2) is 4.49. The third-order valence-electron chi connectivity index (χ3n) is 2.03. The summed E-state index contributed by atoms with van der Waals surface area (Å²) in [5.41, 5.74) is 0.799. The average molecular weight is 281 g/mol. The minimum atomic E-state index is -0.298. The van der Waals surface area contributed by atoms with E-state index in [2.05, 4.69) is 26.2 Å². The molecule has 0 spiro atoms. The van der Waals surface area contributed by atoms with Crippen molar-refractivity contribution in [2.45, 2.75) is 6.92 Å². The summed E-state index contributed by atoms with van der Waals surface area (Å²) in [6.45, 7) is 1.81. The number of aryl methyl sites for hydroxylation is 1. The van der Waals surface area contributed by atoms with Crippen LogP contribution in [0, 0.1) is 6.92 Å². The number of nitrogens with one attached hydrogen (secondary N) is 1. The highest BCUT2D eigenvalue weighted by molar-refractivity contribution is 9.10. The van der Waals surface area contributed by atoms with Gasteiger partial charge in [0.25, 0.3) is 5.91 Å². The Bertz CT molecular complexity index is 522. The van der Waals surface area contributed by atoms with Crippen LogP contribution < -0.4 is 5.32 Å². The van der Waals surface area contributed by atoms with E-state index < -0.39 is 0 Å². The van der Waals surface area contributed by atoms with Gasteiger partial charge in [0.05, 0.1) is 6.26 Å². The molecule has 2 heterocycles. The van der Waals surface area contributed by atoms with Crippen LogP contribution in [0.5, 0.6) is 0 Å². The number of amides is 1. The molecule has 0 aliphatic rings. The lowest BCUT2D eigenvalue weighted by Gasteiger charge is -2.02. The van der Waals surface area contributed by atoms with E-state index >= 15 is 0 Å². The molecular weight excluding hydrogens is 272 g/mol. The van der Waals surface area contributed by atoms with Gasteiger partial charge < -0.3 is 9.73 Å². The molecule has 0 saturated heterocycles. The van der Waals surface area contributed by atoms with Crippen LogP contribution in [0.25, 0.3) is 0 Å². The lowest BCUT2D eigenvalue weighted by atomic mass is 10.3. The molecular formula is C11H9BrN2O2. The van der Waals surface area contributed by atoms with Crippen LogP contribution in [-0.4, -0.2) is 10.9 Å². The molecule has 0 saturated carbocycles. The van der Waals surface area contributed by atoms with Gasteiger partial charge in [-0.3, -0.25) is 4.79 Å².